The molecule has 2 saturated heterocycles. The third-order valence-corrected chi connectivity index (χ3v) is 5.27. The summed E-state index contributed by atoms with van der Waals surface area (Å²) in [4.78, 5) is 22.8. The second kappa shape index (κ2) is 14.0. The van der Waals surface area contributed by atoms with Crippen LogP contribution < -0.4 is 51.2 Å². The normalized spacial score (nSPS) is 15.0. The van der Waals surface area contributed by atoms with Crippen molar-refractivity contribution in [3.8, 4) is 0 Å². The molecule has 0 aliphatic carbocycles. The summed E-state index contributed by atoms with van der Waals surface area (Å²) >= 11 is 0. The summed E-state index contributed by atoms with van der Waals surface area (Å²) in [6, 6.07) is 7.51. The Kier molecular flexibility index (Phi) is 12.6. The molecule has 17 N–H and O–H groups in total. The Morgan fingerprint density at radius 2 is 1.18 bits per heavy atom. The molecule has 33 heavy (non-hydrogen) atoms. The summed E-state index contributed by atoms with van der Waals surface area (Å²) in [5.41, 5.74) is 12.5. The molecule has 0 unspecified atom stereocenters. The van der Waals surface area contributed by atoms with Gasteiger partial charge in [0, 0.05) is 37.6 Å². The van der Waals surface area contributed by atoms with Gasteiger partial charge in [-0.15, -0.1) is 0 Å². The maximum absolute atomic E-state index is 5.44. The highest BCUT2D eigenvalue weighted by Crippen LogP contribution is 2.24. The lowest BCUT2D eigenvalue weighted by Crippen LogP contribution is -2.34. The largest absolute Gasteiger partial charge is 0.370 e. The molecule has 2 aromatic rings. The highest BCUT2D eigenvalue weighted by molar-refractivity contribution is 5.79. The standard InChI is InChI=1S/C20H29N9.4H3N.4H2/c21-17(22)23-15-7-9-16(10-8-15)24-18-25-19(28-11-3-1-4-12-28)27-20(26-18)29-13-5-2-6-14-29;;;;;;;;/h7-10H,1-6,11-14H2,(H4,21,22,23)(H,24,25,26,27);4*1H3;4*1H. The molecule has 13 heteroatoms. The zero-order valence-corrected chi connectivity index (χ0v) is 19.5. The van der Waals surface area contributed by atoms with E-state index < -0.39 is 0 Å². The Morgan fingerprint density at radius 3 is 1.61 bits per heavy atom. The maximum Gasteiger partial charge on any atom is 0.233 e. The number of hydrogen-bond acceptors (Lipinski definition) is 11. The minimum Gasteiger partial charge on any atom is -0.370 e. The molecule has 0 radical (unpaired) electrons. The van der Waals surface area contributed by atoms with Crippen molar-refractivity contribution < 1.29 is 5.71 Å². The van der Waals surface area contributed by atoms with Gasteiger partial charge >= 0.3 is 0 Å². The van der Waals surface area contributed by atoms with Crippen LogP contribution in [-0.4, -0.2) is 47.1 Å². The van der Waals surface area contributed by atoms with Gasteiger partial charge in [-0.3, -0.25) is 0 Å². The predicted octanol–water partition coefficient (Wildman–Crippen LogP) is 4.13. The number of aliphatic imine (C=N–C) groups is 1. The second-order valence-electron chi connectivity index (χ2n) is 7.56. The van der Waals surface area contributed by atoms with Gasteiger partial charge in [-0.1, -0.05) is 0 Å². The van der Waals surface area contributed by atoms with Gasteiger partial charge in [0.1, 0.15) is 0 Å². The van der Waals surface area contributed by atoms with E-state index in [2.05, 4.69) is 20.1 Å². The van der Waals surface area contributed by atoms with Crippen molar-refractivity contribution in [1.82, 2.24) is 39.6 Å². The number of benzene rings is 1. The van der Waals surface area contributed by atoms with Crippen LogP contribution in [0.3, 0.4) is 0 Å². The molecule has 2 aliphatic heterocycles. The number of anilines is 4. The fraction of sp³-hybridized carbons (Fsp3) is 0.500. The first kappa shape index (κ1) is 29.7. The predicted molar refractivity (Wildman–Crippen MR) is 146 cm³/mol. The molecule has 0 atom stereocenters. The van der Waals surface area contributed by atoms with E-state index in [1.54, 1.807) is 0 Å². The molecule has 0 saturated carbocycles. The average molecular weight is 472 g/mol. The molecule has 0 amide bonds. The quantitative estimate of drug-likeness (QED) is 0.239. The number of nitrogens with zero attached hydrogens (tertiary/aromatic N) is 6. The minimum absolute atomic E-state index is 0. The summed E-state index contributed by atoms with van der Waals surface area (Å²) in [6.07, 6.45) is 7.26. The fourth-order valence-electron chi connectivity index (χ4n) is 3.78. The van der Waals surface area contributed by atoms with Crippen LogP contribution in [0.5, 0.6) is 0 Å². The molecule has 4 rings (SSSR count). The molecule has 0 bridgehead atoms. The van der Waals surface area contributed by atoms with Gasteiger partial charge in [0.25, 0.3) is 0 Å². The molecule has 1 aromatic heterocycles. The lowest BCUT2D eigenvalue weighted by molar-refractivity contribution is 0.556. The Morgan fingerprint density at radius 1 is 0.727 bits per heavy atom. The summed E-state index contributed by atoms with van der Waals surface area (Å²) in [5.74, 6) is 2.14. The van der Waals surface area contributed by atoms with E-state index in [-0.39, 0.29) is 36.3 Å². The first-order chi connectivity index (χ1) is 14.2. The molecular weight excluding hydrogens is 422 g/mol. The molecule has 2 aliphatic rings. The Bertz CT molecular complexity index is 822. The molecule has 3 heterocycles. The highest BCUT2D eigenvalue weighted by atomic mass is 15.4. The monoisotopic (exact) mass is 471 g/mol. The summed E-state index contributed by atoms with van der Waals surface area (Å²) in [7, 11) is 0. The highest BCUT2D eigenvalue weighted by Gasteiger charge is 2.20. The number of nitrogens with one attached hydrogen (secondary N) is 1. The molecule has 13 nitrogen and oxygen atoms in total. The Hall–Kier alpha value is -3.26. The van der Waals surface area contributed by atoms with Gasteiger partial charge in [-0.2, -0.15) is 15.0 Å². The molecule has 2 fully saturated rings. The van der Waals surface area contributed by atoms with E-state index in [1.165, 1.54) is 38.5 Å². The van der Waals surface area contributed by atoms with Crippen molar-refractivity contribution in [2.45, 2.75) is 38.5 Å². The Labute approximate surface area is 201 Å². The van der Waals surface area contributed by atoms with Crippen molar-refractivity contribution in [2.24, 2.45) is 16.5 Å². The SMILES string of the molecule is N.N.N.N.NC(N)=Nc1ccc(Nc2nc(N3CCCCC3)nc(N3CCCCC3)n2)cc1.[HH].[HH].[HH].[HH]. The summed E-state index contributed by atoms with van der Waals surface area (Å²) < 4.78 is 0. The third kappa shape index (κ3) is 7.98. The smallest absolute Gasteiger partial charge is 0.233 e. The minimum atomic E-state index is 0. The molecular formula is C20H49N13. The zero-order chi connectivity index (χ0) is 20.1. The van der Waals surface area contributed by atoms with Crippen molar-refractivity contribution in [3.63, 3.8) is 0 Å². The van der Waals surface area contributed by atoms with Gasteiger partial charge in [-0.25, -0.2) is 4.99 Å². The second-order valence-corrected chi connectivity index (χ2v) is 7.56. The zero-order valence-electron chi connectivity index (χ0n) is 19.5. The number of piperidine rings is 2. The topological polar surface area (TPSA) is 262 Å². The van der Waals surface area contributed by atoms with Crippen molar-refractivity contribution >= 4 is 35.2 Å². The maximum atomic E-state index is 5.44. The third-order valence-electron chi connectivity index (χ3n) is 5.27. The van der Waals surface area contributed by atoms with Crippen molar-refractivity contribution in [2.75, 3.05) is 41.3 Å². The van der Waals surface area contributed by atoms with E-state index in [0.717, 1.165) is 43.8 Å². The van der Waals surface area contributed by atoms with Crippen LogP contribution in [0, 0.1) is 0 Å². The van der Waals surface area contributed by atoms with Crippen LogP contribution in [0.4, 0.5) is 29.2 Å². The van der Waals surface area contributed by atoms with E-state index in [4.69, 9.17) is 26.4 Å². The van der Waals surface area contributed by atoms with E-state index in [9.17, 15) is 0 Å². The fourth-order valence-corrected chi connectivity index (χ4v) is 3.78. The van der Waals surface area contributed by atoms with E-state index in [1.807, 2.05) is 24.3 Å². The number of rotatable bonds is 5. The number of guanidine groups is 1. The Balaban J connectivity index is -0.000000427. The number of aromatic nitrogens is 3. The van der Waals surface area contributed by atoms with Gasteiger partial charge in [0.15, 0.2) is 5.96 Å². The lowest BCUT2D eigenvalue weighted by atomic mass is 10.1. The van der Waals surface area contributed by atoms with Gasteiger partial charge in [0.2, 0.25) is 17.8 Å². The van der Waals surface area contributed by atoms with Crippen LogP contribution in [0.2, 0.25) is 0 Å². The first-order valence-corrected chi connectivity index (χ1v) is 10.4. The van der Waals surface area contributed by atoms with Crippen LogP contribution >= 0.6 is 0 Å². The average Bonchev–Trinajstić information content (AvgIpc) is 2.76. The van der Waals surface area contributed by atoms with Crippen molar-refractivity contribution in [3.05, 3.63) is 24.3 Å². The number of nitrogens with two attached hydrogens (primary N) is 2. The van der Waals surface area contributed by atoms with Gasteiger partial charge in [0.05, 0.1) is 5.69 Å². The molecule has 1 aromatic carbocycles. The lowest BCUT2D eigenvalue weighted by Gasteiger charge is -2.30. The van der Waals surface area contributed by atoms with Crippen LogP contribution in [0.1, 0.15) is 44.2 Å². The van der Waals surface area contributed by atoms with E-state index >= 15 is 0 Å². The molecule has 194 valence electrons. The van der Waals surface area contributed by atoms with Crippen LogP contribution in [-0.2, 0) is 0 Å². The van der Waals surface area contributed by atoms with E-state index in [0.29, 0.717) is 11.6 Å². The van der Waals surface area contributed by atoms with Crippen LogP contribution in [0.25, 0.3) is 0 Å². The van der Waals surface area contributed by atoms with Crippen LogP contribution in [0.15, 0.2) is 29.3 Å². The summed E-state index contributed by atoms with van der Waals surface area (Å²) in [6.45, 7) is 3.98. The summed E-state index contributed by atoms with van der Waals surface area (Å²) in [5, 5.41) is 3.32. The van der Waals surface area contributed by atoms with Gasteiger partial charge < -0.3 is 51.2 Å². The first-order valence-electron chi connectivity index (χ1n) is 10.4. The number of hydrogen-bond donors (Lipinski definition) is 7. The van der Waals surface area contributed by atoms with Crippen molar-refractivity contribution in [1.29, 1.82) is 0 Å². The molecule has 0 spiro atoms. The van der Waals surface area contributed by atoms with Gasteiger partial charge in [-0.05, 0) is 62.8 Å².